The van der Waals surface area contributed by atoms with Crippen molar-refractivity contribution in [1.82, 2.24) is 20.9 Å². The fourth-order valence-corrected chi connectivity index (χ4v) is 4.74. The molecule has 0 aromatic heterocycles. The summed E-state index contributed by atoms with van der Waals surface area (Å²) in [7, 11) is 0. The van der Waals surface area contributed by atoms with Crippen molar-refractivity contribution in [2.45, 2.75) is 89.3 Å². The van der Waals surface area contributed by atoms with E-state index >= 15 is 0 Å². The number of carbonyl (C=O) groups is 4. The van der Waals surface area contributed by atoms with Gasteiger partial charge >= 0.3 is 0 Å². The Morgan fingerprint density at radius 1 is 1.19 bits per heavy atom. The average molecular weight is 433 g/mol. The van der Waals surface area contributed by atoms with Gasteiger partial charge in [0.25, 0.3) is 0 Å². The van der Waals surface area contributed by atoms with E-state index in [2.05, 4.69) is 28.1 Å². The summed E-state index contributed by atoms with van der Waals surface area (Å²) in [4.78, 5) is 52.6. The molecule has 0 bridgehead atoms. The summed E-state index contributed by atoms with van der Waals surface area (Å²) >= 11 is 0. The van der Waals surface area contributed by atoms with E-state index in [0.29, 0.717) is 32.4 Å². The van der Waals surface area contributed by atoms with Crippen LogP contribution >= 0.6 is 0 Å². The first-order chi connectivity index (χ1) is 14.9. The normalized spacial score (nSPS) is 32.6. The minimum absolute atomic E-state index is 0.0175. The minimum atomic E-state index is -0.919. The Labute approximate surface area is 184 Å². The Morgan fingerprint density at radius 3 is 2.74 bits per heavy atom. The van der Waals surface area contributed by atoms with Crippen LogP contribution in [0.5, 0.6) is 0 Å². The molecule has 31 heavy (non-hydrogen) atoms. The van der Waals surface area contributed by atoms with Crippen molar-refractivity contribution in [2.24, 2.45) is 5.92 Å². The van der Waals surface area contributed by atoms with E-state index in [1.54, 1.807) is 4.90 Å². The van der Waals surface area contributed by atoms with Gasteiger partial charge in [-0.3, -0.25) is 19.2 Å². The zero-order chi connectivity index (χ0) is 22.4. The van der Waals surface area contributed by atoms with E-state index in [4.69, 9.17) is 0 Å². The van der Waals surface area contributed by atoms with Crippen molar-refractivity contribution in [3.63, 3.8) is 0 Å². The van der Waals surface area contributed by atoms with E-state index in [1.807, 2.05) is 6.92 Å². The molecular formula is C23H36N4O4. The number of rotatable bonds is 4. The van der Waals surface area contributed by atoms with E-state index in [-0.39, 0.29) is 29.5 Å². The monoisotopic (exact) mass is 432 g/mol. The maximum Gasteiger partial charge on any atom is 0.246 e. The lowest BCUT2D eigenvalue weighted by molar-refractivity contribution is -0.142. The van der Waals surface area contributed by atoms with Crippen molar-refractivity contribution in [3.8, 4) is 0 Å². The molecule has 0 unspecified atom stereocenters. The summed E-state index contributed by atoms with van der Waals surface area (Å²) < 4.78 is 0. The predicted octanol–water partition coefficient (Wildman–Crippen LogP) is 1.40. The third-order valence-electron chi connectivity index (χ3n) is 6.55. The summed E-state index contributed by atoms with van der Waals surface area (Å²) in [5, 5.41) is 8.72. The number of nitrogens with one attached hydrogen (secondary N) is 3. The summed E-state index contributed by atoms with van der Waals surface area (Å²) in [6.45, 7) is 4.46. The van der Waals surface area contributed by atoms with E-state index in [9.17, 15) is 19.2 Å². The molecule has 4 amide bonds. The van der Waals surface area contributed by atoms with Crippen LogP contribution in [0.3, 0.4) is 0 Å². The molecule has 4 atom stereocenters. The fourth-order valence-electron chi connectivity index (χ4n) is 4.74. The molecular weight excluding hydrogens is 396 g/mol. The van der Waals surface area contributed by atoms with Gasteiger partial charge in [-0.2, -0.15) is 0 Å². The van der Waals surface area contributed by atoms with Crippen LogP contribution in [0.25, 0.3) is 0 Å². The first kappa shape index (κ1) is 23.3. The molecule has 3 N–H and O–H groups in total. The second-order valence-corrected chi connectivity index (χ2v) is 9.04. The van der Waals surface area contributed by atoms with Crippen LogP contribution in [-0.2, 0) is 19.2 Å². The number of carbonyl (C=O) groups excluding carboxylic acids is 4. The summed E-state index contributed by atoms with van der Waals surface area (Å²) in [5.74, 6) is -0.876. The fraction of sp³-hybridized carbons (Fsp3) is 0.739. The van der Waals surface area contributed by atoms with Crippen LogP contribution in [0, 0.1) is 5.92 Å². The van der Waals surface area contributed by atoms with E-state index < -0.39 is 17.6 Å². The van der Waals surface area contributed by atoms with E-state index in [1.165, 1.54) is 6.92 Å². The van der Waals surface area contributed by atoms with Crippen LogP contribution in [0.2, 0.25) is 0 Å². The van der Waals surface area contributed by atoms with Crippen LogP contribution < -0.4 is 16.0 Å². The Bertz CT molecular complexity index is 737. The number of amides is 4. The van der Waals surface area contributed by atoms with Crippen molar-refractivity contribution in [3.05, 3.63) is 12.2 Å². The largest absolute Gasteiger partial charge is 0.354 e. The van der Waals surface area contributed by atoms with Crippen molar-refractivity contribution < 1.29 is 19.2 Å². The maximum absolute atomic E-state index is 13.2. The first-order valence-corrected chi connectivity index (χ1v) is 11.7. The molecule has 0 aromatic carbocycles. The van der Waals surface area contributed by atoms with Crippen LogP contribution in [0.4, 0.5) is 0 Å². The Morgan fingerprint density at radius 2 is 2.00 bits per heavy atom. The minimum Gasteiger partial charge on any atom is -0.354 e. The van der Waals surface area contributed by atoms with Gasteiger partial charge in [-0.25, -0.2) is 0 Å². The Balaban J connectivity index is 1.82. The molecule has 1 saturated heterocycles. The number of nitrogens with zero attached hydrogens (tertiary/aromatic N) is 1. The number of hydrogen-bond acceptors (Lipinski definition) is 4. The second-order valence-electron chi connectivity index (χ2n) is 9.04. The smallest absolute Gasteiger partial charge is 0.246 e. The van der Waals surface area contributed by atoms with Crippen molar-refractivity contribution in [1.29, 1.82) is 0 Å². The summed E-state index contributed by atoms with van der Waals surface area (Å²) in [6.07, 6.45) is 11.1. The Hall–Kier alpha value is -2.38. The van der Waals surface area contributed by atoms with E-state index in [0.717, 1.165) is 38.5 Å². The molecule has 0 radical (unpaired) electrons. The van der Waals surface area contributed by atoms with Gasteiger partial charge < -0.3 is 20.9 Å². The van der Waals surface area contributed by atoms with Gasteiger partial charge in [-0.15, -0.1) is 0 Å². The average Bonchev–Trinajstić information content (AvgIpc) is 3.20. The third-order valence-corrected chi connectivity index (χ3v) is 6.55. The number of allylic oxidation sites excluding steroid dienone is 1. The van der Waals surface area contributed by atoms with Crippen molar-refractivity contribution >= 4 is 23.6 Å². The highest BCUT2D eigenvalue weighted by atomic mass is 16.2. The van der Waals surface area contributed by atoms with Crippen LogP contribution in [-0.4, -0.2) is 59.2 Å². The maximum atomic E-state index is 13.2. The van der Waals surface area contributed by atoms with Crippen molar-refractivity contribution in [2.75, 3.05) is 13.1 Å². The second kappa shape index (κ2) is 10.3. The summed E-state index contributed by atoms with van der Waals surface area (Å²) in [6, 6.07) is -1.21. The highest BCUT2D eigenvalue weighted by Gasteiger charge is 2.60. The third kappa shape index (κ3) is 5.46. The highest BCUT2D eigenvalue weighted by Crippen LogP contribution is 2.45. The van der Waals surface area contributed by atoms with Gasteiger partial charge in [0, 0.05) is 25.9 Å². The lowest BCUT2D eigenvalue weighted by Crippen LogP contribution is -2.57. The quantitative estimate of drug-likeness (QED) is 0.584. The van der Waals surface area contributed by atoms with Gasteiger partial charge in [0.2, 0.25) is 23.6 Å². The van der Waals surface area contributed by atoms with Crippen LogP contribution in [0.1, 0.15) is 71.6 Å². The van der Waals surface area contributed by atoms with Crippen LogP contribution in [0.15, 0.2) is 12.2 Å². The predicted molar refractivity (Wildman–Crippen MR) is 117 cm³/mol. The lowest BCUT2D eigenvalue weighted by atomic mass is 10.0. The zero-order valence-electron chi connectivity index (χ0n) is 18.7. The Kier molecular flexibility index (Phi) is 7.73. The van der Waals surface area contributed by atoms with Gasteiger partial charge in [0.05, 0.1) is 0 Å². The molecule has 3 rings (SSSR count). The molecule has 8 heteroatoms. The topological polar surface area (TPSA) is 108 Å². The first-order valence-electron chi connectivity index (χ1n) is 11.7. The van der Waals surface area contributed by atoms with Gasteiger partial charge in [0.1, 0.15) is 17.6 Å². The van der Waals surface area contributed by atoms with Gasteiger partial charge in [-0.1, -0.05) is 31.9 Å². The molecule has 2 aliphatic heterocycles. The molecule has 1 saturated carbocycles. The lowest BCUT2D eigenvalue weighted by Gasteiger charge is -2.30. The number of hydrogen-bond donors (Lipinski definition) is 3. The van der Waals surface area contributed by atoms with Gasteiger partial charge in [0.15, 0.2) is 0 Å². The molecule has 0 aromatic rings. The molecule has 8 nitrogen and oxygen atoms in total. The summed E-state index contributed by atoms with van der Waals surface area (Å²) in [5.41, 5.74) is -0.919. The highest BCUT2D eigenvalue weighted by molar-refractivity contribution is 5.98. The molecule has 2 fully saturated rings. The van der Waals surface area contributed by atoms with Gasteiger partial charge in [-0.05, 0) is 44.9 Å². The molecule has 0 spiro atoms. The molecule has 2 heterocycles. The SMILES string of the molecule is CCCNC(=O)[C@@]12C[C@H]1/C=C\CCCCC[C@H](NC(C)=O)C(=O)N1CCC[C@H]1C(=O)N2. The zero-order valence-corrected chi connectivity index (χ0v) is 18.7. The molecule has 3 aliphatic rings. The standard InChI is InChI=1S/C23H36N4O4/c1-3-13-24-22(31)23-15-17(23)10-7-5-4-6-8-11-18(25-16(2)28)21(30)27-14-9-12-19(27)20(29)26-23/h7,10,17-19H,3-6,8-9,11-15H2,1-2H3,(H,24,31)(H,25,28)(H,26,29)/b10-7-/t17-,18+,19+,23-/m1/s1. The molecule has 1 aliphatic carbocycles. The number of fused-ring (bicyclic) bond motifs is 2. The molecule has 172 valence electrons.